The third-order valence-electron chi connectivity index (χ3n) is 3.13. The van der Waals surface area contributed by atoms with Crippen LogP contribution in [-0.2, 0) is 12.8 Å². The van der Waals surface area contributed by atoms with Crippen molar-refractivity contribution in [2.75, 3.05) is 0 Å². The second-order valence-corrected chi connectivity index (χ2v) is 5.68. The highest BCUT2D eigenvalue weighted by atomic mass is 32.2. The molecule has 0 radical (unpaired) electrons. The number of rotatable bonds is 6. The number of benzene rings is 2. The molecule has 0 unspecified atom stereocenters. The Kier molecular flexibility index (Phi) is 5.12. The number of allylic oxidation sites excluding steroid dienone is 2. The smallest absolute Gasteiger partial charge is 0.120 e. The maximum atomic E-state index is 10.0. The quantitative estimate of drug-likeness (QED) is 0.759. The van der Waals surface area contributed by atoms with E-state index >= 15 is 0 Å². The van der Waals surface area contributed by atoms with E-state index in [1.807, 2.05) is 24.3 Å². The minimum absolute atomic E-state index is 0.269. The predicted octanol–water partition coefficient (Wildman–Crippen LogP) is 4.71. The summed E-state index contributed by atoms with van der Waals surface area (Å²) < 4.78 is 0. The Hall–Kier alpha value is -2.13. The molecule has 0 aromatic heterocycles. The van der Waals surface area contributed by atoms with Gasteiger partial charge in [-0.25, -0.2) is 0 Å². The van der Waals surface area contributed by atoms with Crippen LogP contribution in [0.5, 0.6) is 11.5 Å². The lowest BCUT2D eigenvalue weighted by atomic mass is 10.1. The van der Waals surface area contributed by atoms with Crippen LogP contribution < -0.4 is 0 Å². The summed E-state index contributed by atoms with van der Waals surface area (Å²) >= 11 is 1.53. The number of phenolic OH excluding ortho intramolecular Hbond substituents is 2. The molecular weight excluding hydrogens is 280 g/mol. The average Bonchev–Trinajstić information content (AvgIpc) is 2.46. The Labute approximate surface area is 129 Å². The number of hydrogen-bond acceptors (Lipinski definition) is 3. The van der Waals surface area contributed by atoms with Gasteiger partial charge < -0.3 is 10.2 Å². The van der Waals surface area contributed by atoms with Crippen LogP contribution in [0, 0.1) is 0 Å². The van der Waals surface area contributed by atoms with Gasteiger partial charge in [0.25, 0.3) is 0 Å². The third kappa shape index (κ3) is 3.50. The van der Waals surface area contributed by atoms with E-state index in [-0.39, 0.29) is 11.5 Å². The predicted molar refractivity (Wildman–Crippen MR) is 88.1 cm³/mol. The van der Waals surface area contributed by atoms with E-state index in [9.17, 15) is 10.2 Å². The highest BCUT2D eigenvalue weighted by Gasteiger charge is 2.12. The Morgan fingerprint density at radius 1 is 0.810 bits per heavy atom. The van der Waals surface area contributed by atoms with Gasteiger partial charge in [-0.05, 0) is 37.1 Å². The molecule has 0 saturated heterocycles. The van der Waals surface area contributed by atoms with Gasteiger partial charge >= 0.3 is 0 Å². The summed E-state index contributed by atoms with van der Waals surface area (Å²) in [5.74, 6) is 0.538. The normalized spacial score (nSPS) is 10.3. The molecule has 0 aliphatic carbocycles. The third-order valence-corrected chi connectivity index (χ3v) is 4.34. The molecule has 108 valence electrons. The van der Waals surface area contributed by atoms with Crippen molar-refractivity contribution in [2.45, 2.75) is 22.6 Å². The van der Waals surface area contributed by atoms with Crippen molar-refractivity contribution in [1.29, 1.82) is 0 Å². The molecule has 0 spiro atoms. The van der Waals surface area contributed by atoms with Gasteiger partial charge in [0.05, 0.1) is 0 Å². The second kappa shape index (κ2) is 7.04. The van der Waals surface area contributed by atoms with E-state index in [0.29, 0.717) is 12.8 Å². The molecule has 2 N–H and O–H groups in total. The standard InChI is InChI=1S/C18H18O2S/c1-3-7-13-15(19)9-5-11-17(13)21-18-12-6-10-16(20)14(18)8-4-2/h3-6,9-12,19-20H,1-2,7-8H2. The lowest BCUT2D eigenvalue weighted by Crippen LogP contribution is -1.90. The molecule has 0 bridgehead atoms. The SMILES string of the molecule is C=CCc1c(O)cccc1Sc1cccc(O)c1CC=C. The Bertz CT molecular complexity index is 605. The van der Waals surface area contributed by atoms with Crippen molar-refractivity contribution >= 4 is 11.8 Å². The van der Waals surface area contributed by atoms with Gasteiger partial charge in [-0.1, -0.05) is 36.0 Å². The zero-order chi connectivity index (χ0) is 15.2. The molecule has 0 fully saturated rings. The molecule has 0 aliphatic rings. The molecule has 21 heavy (non-hydrogen) atoms. The second-order valence-electron chi connectivity index (χ2n) is 4.60. The molecule has 2 aromatic rings. The summed E-state index contributed by atoms with van der Waals surface area (Å²) in [6, 6.07) is 10.9. The first-order chi connectivity index (χ1) is 10.2. The molecule has 0 aliphatic heterocycles. The number of hydrogen-bond donors (Lipinski definition) is 2. The monoisotopic (exact) mass is 298 g/mol. The maximum Gasteiger partial charge on any atom is 0.120 e. The van der Waals surface area contributed by atoms with Crippen LogP contribution in [0.2, 0.25) is 0 Å². The van der Waals surface area contributed by atoms with E-state index in [4.69, 9.17) is 0 Å². The molecule has 0 atom stereocenters. The molecule has 0 saturated carbocycles. The van der Waals surface area contributed by atoms with Crippen LogP contribution in [0.4, 0.5) is 0 Å². The van der Waals surface area contributed by atoms with E-state index in [1.165, 1.54) is 11.8 Å². The van der Waals surface area contributed by atoms with Crippen LogP contribution in [0.25, 0.3) is 0 Å². The fourth-order valence-electron chi connectivity index (χ4n) is 2.12. The van der Waals surface area contributed by atoms with E-state index < -0.39 is 0 Å². The van der Waals surface area contributed by atoms with Crippen LogP contribution >= 0.6 is 11.8 Å². The largest absolute Gasteiger partial charge is 0.508 e. The molecule has 0 amide bonds. The van der Waals surface area contributed by atoms with Crippen molar-refractivity contribution in [3.05, 3.63) is 72.8 Å². The minimum atomic E-state index is 0.269. The summed E-state index contributed by atoms with van der Waals surface area (Å²) in [6.07, 6.45) is 4.74. The Balaban J connectivity index is 2.43. The van der Waals surface area contributed by atoms with Crippen LogP contribution in [-0.4, -0.2) is 10.2 Å². The molecule has 2 nitrogen and oxygen atoms in total. The summed E-state index contributed by atoms with van der Waals surface area (Å²) in [6.45, 7) is 7.47. The number of phenols is 2. The van der Waals surface area contributed by atoms with Crippen LogP contribution in [0.3, 0.4) is 0 Å². The van der Waals surface area contributed by atoms with Gasteiger partial charge in [0.15, 0.2) is 0 Å². The zero-order valence-electron chi connectivity index (χ0n) is 11.7. The van der Waals surface area contributed by atoms with Gasteiger partial charge in [-0.15, -0.1) is 13.2 Å². The Morgan fingerprint density at radius 2 is 1.24 bits per heavy atom. The first-order valence-corrected chi connectivity index (χ1v) is 7.50. The van der Waals surface area contributed by atoms with Crippen molar-refractivity contribution in [1.82, 2.24) is 0 Å². The van der Waals surface area contributed by atoms with Crippen molar-refractivity contribution in [3.8, 4) is 11.5 Å². The topological polar surface area (TPSA) is 40.5 Å². The number of aromatic hydroxyl groups is 2. The van der Waals surface area contributed by atoms with E-state index in [0.717, 1.165) is 20.9 Å². The first-order valence-electron chi connectivity index (χ1n) is 6.68. The van der Waals surface area contributed by atoms with Gasteiger partial charge in [-0.3, -0.25) is 0 Å². The summed E-state index contributed by atoms with van der Waals surface area (Å²) in [7, 11) is 0. The highest BCUT2D eigenvalue weighted by Crippen LogP contribution is 2.38. The highest BCUT2D eigenvalue weighted by molar-refractivity contribution is 7.99. The summed E-state index contributed by atoms with van der Waals surface area (Å²) in [4.78, 5) is 1.93. The summed E-state index contributed by atoms with van der Waals surface area (Å²) in [5.41, 5.74) is 1.70. The summed E-state index contributed by atoms with van der Waals surface area (Å²) in [5, 5.41) is 20.0. The van der Waals surface area contributed by atoms with E-state index in [2.05, 4.69) is 13.2 Å². The lowest BCUT2D eigenvalue weighted by molar-refractivity contribution is 0.467. The van der Waals surface area contributed by atoms with Gasteiger partial charge in [0, 0.05) is 20.9 Å². The van der Waals surface area contributed by atoms with Crippen molar-refractivity contribution in [3.63, 3.8) is 0 Å². The van der Waals surface area contributed by atoms with Crippen LogP contribution in [0.1, 0.15) is 11.1 Å². The minimum Gasteiger partial charge on any atom is -0.508 e. The average molecular weight is 298 g/mol. The Morgan fingerprint density at radius 3 is 1.62 bits per heavy atom. The lowest BCUT2D eigenvalue weighted by Gasteiger charge is -2.13. The zero-order valence-corrected chi connectivity index (χ0v) is 12.6. The van der Waals surface area contributed by atoms with E-state index in [1.54, 1.807) is 24.3 Å². The van der Waals surface area contributed by atoms with Gasteiger partial charge in [0.1, 0.15) is 11.5 Å². The fourth-order valence-corrected chi connectivity index (χ4v) is 3.27. The maximum absolute atomic E-state index is 10.0. The molecule has 2 aromatic carbocycles. The van der Waals surface area contributed by atoms with Gasteiger partial charge in [-0.2, -0.15) is 0 Å². The van der Waals surface area contributed by atoms with Crippen molar-refractivity contribution in [2.24, 2.45) is 0 Å². The van der Waals surface area contributed by atoms with Gasteiger partial charge in [0.2, 0.25) is 0 Å². The fraction of sp³-hybridized carbons (Fsp3) is 0.111. The molecule has 2 rings (SSSR count). The van der Waals surface area contributed by atoms with Crippen molar-refractivity contribution < 1.29 is 10.2 Å². The van der Waals surface area contributed by atoms with Crippen LogP contribution in [0.15, 0.2) is 71.5 Å². The molecular formula is C18H18O2S. The molecule has 0 heterocycles. The first kappa shape index (κ1) is 15.3. The molecule has 3 heteroatoms.